The van der Waals surface area contributed by atoms with Gasteiger partial charge in [0.1, 0.15) is 5.58 Å². The lowest BCUT2D eigenvalue weighted by molar-refractivity contribution is 0.102. The summed E-state index contributed by atoms with van der Waals surface area (Å²) in [5.74, 6) is -0.367. The largest absolute Gasteiger partial charge is 0.422 e. The first-order valence-electron chi connectivity index (χ1n) is 9.63. The summed E-state index contributed by atoms with van der Waals surface area (Å²) in [5, 5.41) is 3.54. The van der Waals surface area contributed by atoms with Crippen LogP contribution >= 0.6 is 11.6 Å². The van der Waals surface area contributed by atoms with E-state index >= 15 is 0 Å². The van der Waals surface area contributed by atoms with Gasteiger partial charge in [0.25, 0.3) is 5.91 Å². The summed E-state index contributed by atoms with van der Waals surface area (Å²) < 4.78 is 31.1. The first kappa shape index (κ1) is 21.8. The van der Waals surface area contributed by atoms with Gasteiger partial charge in [-0.3, -0.25) is 4.79 Å². The summed E-state index contributed by atoms with van der Waals surface area (Å²) in [6.45, 7) is 3.86. The van der Waals surface area contributed by atoms with E-state index in [4.69, 9.17) is 16.0 Å². The number of benzene rings is 3. The molecule has 1 amide bonds. The van der Waals surface area contributed by atoms with Crippen LogP contribution in [0.5, 0.6) is 0 Å². The van der Waals surface area contributed by atoms with Crippen molar-refractivity contribution in [1.29, 1.82) is 0 Å². The van der Waals surface area contributed by atoms with Gasteiger partial charge >= 0.3 is 5.63 Å². The summed E-state index contributed by atoms with van der Waals surface area (Å²) in [4.78, 5) is 24.6. The van der Waals surface area contributed by atoms with E-state index in [1.807, 2.05) is 26.0 Å². The molecule has 0 unspecified atom stereocenters. The second-order valence-electron chi connectivity index (χ2n) is 7.31. The molecule has 162 valence electrons. The Hall–Kier alpha value is -3.42. The van der Waals surface area contributed by atoms with Gasteiger partial charge in [-0.1, -0.05) is 23.7 Å². The predicted octanol–water partition coefficient (Wildman–Crippen LogP) is 5.15. The molecular weight excluding hydrogens is 450 g/mol. The Morgan fingerprint density at radius 1 is 0.969 bits per heavy atom. The van der Waals surface area contributed by atoms with Gasteiger partial charge in [0, 0.05) is 21.7 Å². The van der Waals surface area contributed by atoms with E-state index in [-0.39, 0.29) is 16.4 Å². The number of fused-ring (bicyclic) bond motifs is 1. The van der Waals surface area contributed by atoms with Gasteiger partial charge in [0.15, 0.2) is 4.90 Å². The fourth-order valence-corrected chi connectivity index (χ4v) is 4.67. The molecule has 1 heterocycles. The third-order valence-corrected chi connectivity index (χ3v) is 7.24. The maximum Gasteiger partial charge on any atom is 0.355 e. The Morgan fingerprint density at radius 3 is 2.41 bits per heavy atom. The first-order chi connectivity index (χ1) is 15.2. The van der Waals surface area contributed by atoms with E-state index in [9.17, 15) is 18.0 Å². The number of hydrogen-bond donors (Lipinski definition) is 1. The number of carbonyl (C=O) groups excluding carboxylic acids is 1. The molecule has 0 fully saturated rings. The number of sulfone groups is 1. The number of amides is 1. The lowest BCUT2D eigenvalue weighted by Gasteiger charge is -2.11. The van der Waals surface area contributed by atoms with Gasteiger partial charge in [-0.2, -0.15) is 0 Å². The molecule has 32 heavy (non-hydrogen) atoms. The van der Waals surface area contributed by atoms with Crippen molar-refractivity contribution in [2.75, 3.05) is 5.32 Å². The molecule has 8 heteroatoms. The van der Waals surface area contributed by atoms with Gasteiger partial charge in [0.05, 0.1) is 4.90 Å². The quantitative estimate of drug-likeness (QED) is 0.419. The van der Waals surface area contributed by atoms with E-state index in [0.717, 1.165) is 11.1 Å². The van der Waals surface area contributed by atoms with Crippen LogP contribution in [0.1, 0.15) is 21.5 Å². The fraction of sp³-hybridized carbons (Fsp3) is 0.0833. The molecule has 1 aromatic heterocycles. The molecule has 0 saturated carbocycles. The molecule has 0 aliphatic heterocycles. The zero-order chi connectivity index (χ0) is 23.0. The van der Waals surface area contributed by atoms with Crippen molar-refractivity contribution in [2.24, 2.45) is 0 Å². The van der Waals surface area contributed by atoms with Crippen molar-refractivity contribution in [3.63, 3.8) is 0 Å². The Bertz CT molecular complexity index is 1520. The van der Waals surface area contributed by atoms with Gasteiger partial charge in [-0.15, -0.1) is 0 Å². The highest BCUT2D eigenvalue weighted by Gasteiger charge is 2.23. The molecule has 6 nitrogen and oxygen atoms in total. The van der Waals surface area contributed by atoms with Gasteiger partial charge < -0.3 is 9.73 Å². The Balaban J connectivity index is 1.75. The highest BCUT2D eigenvalue weighted by atomic mass is 35.5. The maximum absolute atomic E-state index is 13.0. The number of nitrogens with one attached hydrogen (secondary N) is 1. The van der Waals surface area contributed by atoms with Crippen LogP contribution in [0.3, 0.4) is 0 Å². The van der Waals surface area contributed by atoms with Crippen molar-refractivity contribution in [2.45, 2.75) is 23.6 Å². The maximum atomic E-state index is 13.0. The summed E-state index contributed by atoms with van der Waals surface area (Å²) >= 11 is 5.83. The summed E-state index contributed by atoms with van der Waals surface area (Å²) in [6, 6.07) is 16.8. The lowest BCUT2D eigenvalue weighted by atomic mass is 10.1. The predicted molar refractivity (Wildman–Crippen MR) is 123 cm³/mol. The van der Waals surface area contributed by atoms with Gasteiger partial charge in [-0.05, 0) is 79.6 Å². The van der Waals surface area contributed by atoms with E-state index in [2.05, 4.69) is 5.32 Å². The molecule has 0 aliphatic rings. The zero-order valence-corrected chi connectivity index (χ0v) is 18.8. The average Bonchev–Trinajstić information content (AvgIpc) is 2.76. The Labute approximate surface area is 189 Å². The molecule has 1 N–H and O–H groups in total. The normalized spacial score (nSPS) is 11.5. The summed E-state index contributed by atoms with van der Waals surface area (Å²) in [6.07, 6.45) is 0. The van der Waals surface area contributed by atoms with Crippen LogP contribution in [0, 0.1) is 13.8 Å². The molecule has 3 aromatic carbocycles. The van der Waals surface area contributed by atoms with E-state index in [1.165, 1.54) is 48.5 Å². The molecule has 0 bridgehead atoms. The van der Waals surface area contributed by atoms with Gasteiger partial charge in [-0.25, -0.2) is 13.2 Å². The molecule has 4 aromatic rings. The van der Waals surface area contributed by atoms with Crippen molar-refractivity contribution in [3.8, 4) is 0 Å². The number of aryl methyl sites for hydroxylation is 1. The van der Waals surface area contributed by atoms with Crippen LogP contribution in [0.15, 0.2) is 85.7 Å². The van der Waals surface area contributed by atoms with Crippen LogP contribution in [0.2, 0.25) is 5.02 Å². The molecule has 4 rings (SSSR count). The topological polar surface area (TPSA) is 93.4 Å². The Morgan fingerprint density at radius 2 is 1.69 bits per heavy atom. The van der Waals surface area contributed by atoms with Crippen molar-refractivity contribution in [3.05, 3.63) is 98.9 Å². The minimum Gasteiger partial charge on any atom is -0.422 e. The molecular formula is C24H18ClNO5S. The van der Waals surface area contributed by atoms with Crippen LogP contribution < -0.4 is 10.9 Å². The van der Waals surface area contributed by atoms with Crippen molar-refractivity contribution in [1.82, 2.24) is 0 Å². The van der Waals surface area contributed by atoms with E-state index in [0.29, 0.717) is 21.7 Å². The summed E-state index contributed by atoms with van der Waals surface area (Å²) in [5.41, 5.74) is 2.15. The molecule has 0 spiro atoms. The standard InChI is InChI=1S/C24H18ClNO5S/c1-14-4-3-5-20(15(14)2)26-23(27)16-6-11-21-17(12-16)13-22(24(28)31-21)32(29,30)19-9-7-18(25)8-10-19/h3-13H,1-2H3,(H,26,27). The first-order valence-corrected chi connectivity index (χ1v) is 11.5. The zero-order valence-electron chi connectivity index (χ0n) is 17.2. The number of rotatable bonds is 4. The van der Waals surface area contributed by atoms with Crippen LogP contribution in [-0.4, -0.2) is 14.3 Å². The number of hydrogen-bond acceptors (Lipinski definition) is 5. The second-order valence-corrected chi connectivity index (χ2v) is 9.66. The van der Waals surface area contributed by atoms with Crippen LogP contribution in [-0.2, 0) is 9.84 Å². The van der Waals surface area contributed by atoms with Crippen molar-refractivity contribution < 1.29 is 17.6 Å². The molecule has 0 radical (unpaired) electrons. The molecule has 0 atom stereocenters. The second kappa shape index (κ2) is 8.26. The monoisotopic (exact) mass is 467 g/mol. The average molecular weight is 468 g/mol. The smallest absolute Gasteiger partial charge is 0.355 e. The van der Waals surface area contributed by atoms with E-state index in [1.54, 1.807) is 6.07 Å². The van der Waals surface area contributed by atoms with E-state index < -0.39 is 20.4 Å². The third kappa shape index (κ3) is 4.04. The molecule has 0 aliphatic carbocycles. The summed E-state index contributed by atoms with van der Waals surface area (Å²) in [7, 11) is -4.14. The SMILES string of the molecule is Cc1cccc(NC(=O)c2ccc3oc(=O)c(S(=O)(=O)c4ccc(Cl)cc4)cc3c2)c1C. The van der Waals surface area contributed by atoms with Crippen LogP contribution in [0.4, 0.5) is 5.69 Å². The third-order valence-electron chi connectivity index (χ3n) is 5.23. The minimum absolute atomic E-state index is 0.0858. The van der Waals surface area contributed by atoms with Crippen LogP contribution in [0.25, 0.3) is 11.0 Å². The van der Waals surface area contributed by atoms with Gasteiger partial charge in [0.2, 0.25) is 9.84 Å². The Kier molecular flexibility index (Phi) is 5.62. The highest BCUT2D eigenvalue weighted by Crippen LogP contribution is 2.25. The fourth-order valence-electron chi connectivity index (χ4n) is 3.25. The number of halogens is 1. The highest BCUT2D eigenvalue weighted by molar-refractivity contribution is 7.91. The lowest BCUT2D eigenvalue weighted by Crippen LogP contribution is -2.15. The van der Waals surface area contributed by atoms with Crippen molar-refractivity contribution >= 4 is 44.0 Å². The number of anilines is 1. The minimum atomic E-state index is -4.14. The number of carbonyl (C=O) groups is 1. The molecule has 0 saturated heterocycles.